The monoisotopic (exact) mass is 325 g/mol. The molecule has 0 bridgehead atoms. The Bertz CT molecular complexity index is 549. The molecular weight excluding hydrogens is 306 g/mol. The van der Waals surface area contributed by atoms with Gasteiger partial charge in [-0.25, -0.2) is 0 Å². The molecular formula is C16H20ClNO4. The van der Waals surface area contributed by atoms with E-state index >= 15 is 0 Å². The highest BCUT2D eigenvalue weighted by Gasteiger charge is 2.36. The molecule has 1 heterocycles. The summed E-state index contributed by atoms with van der Waals surface area (Å²) in [7, 11) is 0. The highest BCUT2D eigenvalue weighted by atomic mass is 35.5. The maximum Gasteiger partial charge on any atom is 0.308 e. The Hall–Kier alpha value is -1.75. The fourth-order valence-corrected chi connectivity index (χ4v) is 2.81. The van der Waals surface area contributed by atoms with Crippen LogP contribution in [0.15, 0.2) is 24.3 Å². The summed E-state index contributed by atoms with van der Waals surface area (Å²) in [5.41, 5.74) is 0. The molecule has 120 valence electrons. The smallest absolute Gasteiger partial charge is 0.308 e. The fraction of sp³-hybridized carbons (Fsp3) is 0.500. The van der Waals surface area contributed by atoms with Crippen LogP contribution in [0.3, 0.4) is 0 Å². The molecule has 5 nitrogen and oxygen atoms in total. The van der Waals surface area contributed by atoms with Crippen LogP contribution < -0.4 is 4.74 Å². The van der Waals surface area contributed by atoms with E-state index in [4.69, 9.17) is 21.4 Å². The van der Waals surface area contributed by atoms with Gasteiger partial charge in [-0.15, -0.1) is 0 Å². The summed E-state index contributed by atoms with van der Waals surface area (Å²) in [5, 5.41) is 9.63. The zero-order valence-corrected chi connectivity index (χ0v) is 13.3. The molecule has 0 aromatic heterocycles. The van der Waals surface area contributed by atoms with Crippen molar-refractivity contribution in [2.75, 3.05) is 19.7 Å². The van der Waals surface area contributed by atoms with E-state index in [0.717, 1.165) is 0 Å². The number of para-hydroxylation sites is 1. The zero-order valence-electron chi connectivity index (χ0n) is 12.5. The Morgan fingerprint density at radius 3 is 2.73 bits per heavy atom. The summed E-state index contributed by atoms with van der Waals surface area (Å²) in [5.74, 6) is -0.690. The van der Waals surface area contributed by atoms with Crippen molar-refractivity contribution < 1.29 is 19.4 Å². The molecule has 0 spiro atoms. The molecule has 1 aliphatic heterocycles. The quantitative estimate of drug-likeness (QED) is 0.817. The van der Waals surface area contributed by atoms with Crippen LogP contribution in [-0.2, 0) is 9.59 Å². The van der Waals surface area contributed by atoms with E-state index in [1.807, 2.05) is 19.1 Å². The molecule has 0 radical (unpaired) electrons. The maximum absolute atomic E-state index is 12.1. The van der Waals surface area contributed by atoms with E-state index in [1.165, 1.54) is 0 Å². The number of hydrogen-bond donors (Lipinski definition) is 1. The van der Waals surface area contributed by atoms with Crippen molar-refractivity contribution in [1.29, 1.82) is 0 Å². The van der Waals surface area contributed by atoms with Gasteiger partial charge in [0.2, 0.25) is 5.91 Å². The summed E-state index contributed by atoms with van der Waals surface area (Å²) >= 11 is 5.98. The first-order valence-electron chi connectivity index (χ1n) is 7.37. The van der Waals surface area contributed by atoms with Crippen molar-refractivity contribution in [1.82, 2.24) is 4.90 Å². The largest absolute Gasteiger partial charge is 0.492 e. The number of rotatable bonds is 6. The molecule has 0 saturated carbocycles. The average molecular weight is 326 g/mol. The van der Waals surface area contributed by atoms with Gasteiger partial charge in [0.1, 0.15) is 5.75 Å². The number of hydrogen-bond acceptors (Lipinski definition) is 3. The van der Waals surface area contributed by atoms with Crippen LogP contribution in [0.4, 0.5) is 0 Å². The second kappa shape index (κ2) is 7.49. The van der Waals surface area contributed by atoms with Gasteiger partial charge in [0.05, 0.1) is 17.5 Å². The van der Waals surface area contributed by atoms with Crippen molar-refractivity contribution in [3.05, 3.63) is 29.3 Å². The lowest BCUT2D eigenvalue weighted by Gasteiger charge is -2.16. The number of carbonyl (C=O) groups excluding carboxylic acids is 1. The first kappa shape index (κ1) is 16.6. The van der Waals surface area contributed by atoms with Crippen LogP contribution in [0.1, 0.15) is 19.8 Å². The minimum Gasteiger partial charge on any atom is -0.492 e. The van der Waals surface area contributed by atoms with Crippen LogP contribution >= 0.6 is 11.6 Å². The van der Waals surface area contributed by atoms with Gasteiger partial charge in [0, 0.05) is 19.5 Å². The first-order chi connectivity index (χ1) is 10.5. The molecule has 1 aromatic rings. The van der Waals surface area contributed by atoms with Crippen molar-refractivity contribution in [3.63, 3.8) is 0 Å². The van der Waals surface area contributed by atoms with Crippen LogP contribution in [-0.4, -0.2) is 41.6 Å². The lowest BCUT2D eigenvalue weighted by atomic mass is 9.99. The van der Waals surface area contributed by atoms with E-state index in [-0.39, 0.29) is 11.8 Å². The fourth-order valence-electron chi connectivity index (χ4n) is 2.62. The number of carbonyl (C=O) groups is 2. The Balaban J connectivity index is 1.73. The third-order valence-corrected chi connectivity index (χ3v) is 4.22. The lowest BCUT2D eigenvalue weighted by Crippen LogP contribution is -2.30. The third-order valence-electron chi connectivity index (χ3n) is 3.91. The number of halogens is 1. The van der Waals surface area contributed by atoms with Crippen molar-refractivity contribution in [2.24, 2.45) is 11.8 Å². The Morgan fingerprint density at radius 1 is 1.36 bits per heavy atom. The molecule has 1 N–H and O–H groups in total. The van der Waals surface area contributed by atoms with Crippen molar-refractivity contribution in [2.45, 2.75) is 19.8 Å². The highest BCUT2D eigenvalue weighted by molar-refractivity contribution is 6.32. The highest BCUT2D eigenvalue weighted by Crippen LogP contribution is 2.25. The van der Waals surface area contributed by atoms with Crippen LogP contribution in [0, 0.1) is 11.8 Å². The summed E-state index contributed by atoms with van der Waals surface area (Å²) in [6.07, 6.45) is 0.927. The van der Waals surface area contributed by atoms with Gasteiger partial charge in [-0.1, -0.05) is 30.7 Å². The number of nitrogens with zero attached hydrogens (tertiary/aromatic N) is 1. The van der Waals surface area contributed by atoms with E-state index in [9.17, 15) is 9.59 Å². The van der Waals surface area contributed by atoms with Crippen LogP contribution in [0.5, 0.6) is 5.75 Å². The van der Waals surface area contributed by atoms with Crippen molar-refractivity contribution in [3.8, 4) is 5.75 Å². The lowest BCUT2D eigenvalue weighted by molar-refractivity contribution is -0.142. The second-order valence-electron chi connectivity index (χ2n) is 5.60. The van der Waals surface area contributed by atoms with Crippen LogP contribution in [0.2, 0.25) is 5.02 Å². The van der Waals surface area contributed by atoms with E-state index in [0.29, 0.717) is 43.3 Å². The van der Waals surface area contributed by atoms with Gasteiger partial charge >= 0.3 is 5.97 Å². The van der Waals surface area contributed by atoms with Gasteiger partial charge in [0.15, 0.2) is 0 Å². The Kier molecular flexibility index (Phi) is 5.66. The predicted octanol–water partition coefficient (Wildman–Crippen LogP) is 2.68. The molecule has 1 aliphatic rings. The number of aliphatic carboxylic acids is 1. The van der Waals surface area contributed by atoms with E-state index < -0.39 is 11.9 Å². The third kappa shape index (κ3) is 4.13. The molecule has 2 rings (SSSR count). The second-order valence-corrected chi connectivity index (χ2v) is 6.01. The van der Waals surface area contributed by atoms with Crippen molar-refractivity contribution >= 4 is 23.5 Å². The molecule has 0 aliphatic carbocycles. The number of carboxylic acid groups (broad SMARTS) is 1. The molecule has 1 aromatic carbocycles. The normalized spacial score (nSPS) is 20.9. The standard InChI is InChI=1S/C16H20ClNO4/c1-11-9-18(10-12(11)16(20)21)15(19)7-4-8-22-14-6-3-2-5-13(14)17/h2-3,5-6,11-12H,4,7-10H2,1H3,(H,20,21)/t11-,12-/m1/s1. The van der Waals surface area contributed by atoms with E-state index in [2.05, 4.69) is 0 Å². The minimum absolute atomic E-state index is 0.000764. The SMILES string of the molecule is C[C@@H]1CN(C(=O)CCCOc2ccccc2Cl)C[C@H]1C(=O)O. The molecule has 22 heavy (non-hydrogen) atoms. The molecule has 1 amide bonds. The predicted molar refractivity (Wildman–Crippen MR) is 83.1 cm³/mol. The van der Waals surface area contributed by atoms with Gasteiger partial charge in [-0.2, -0.15) is 0 Å². The maximum atomic E-state index is 12.1. The summed E-state index contributed by atoms with van der Waals surface area (Å²) in [6.45, 7) is 3.09. The van der Waals surface area contributed by atoms with Gasteiger partial charge in [-0.05, 0) is 24.5 Å². The topological polar surface area (TPSA) is 66.8 Å². The average Bonchev–Trinajstić information content (AvgIpc) is 2.87. The zero-order chi connectivity index (χ0) is 16.1. The molecule has 6 heteroatoms. The number of benzene rings is 1. The van der Waals surface area contributed by atoms with E-state index in [1.54, 1.807) is 17.0 Å². The Labute approximate surface area is 134 Å². The van der Waals surface area contributed by atoms with Gasteiger partial charge in [-0.3, -0.25) is 9.59 Å². The minimum atomic E-state index is -0.829. The van der Waals surface area contributed by atoms with Gasteiger partial charge < -0.3 is 14.7 Å². The number of amides is 1. The van der Waals surface area contributed by atoms with Crippen LogP contribution in [0.25, 0.3) is 0 Å². The number of ether oxygens (including phenoxy) is 1. The molecule has 1 saturated heterocycles. The first-order valence-corrected chi connectivity index (χ1v) is 7.74. The molecule has 0 unspecified atom stereocenters. The summed E-state index contributed by atoms with van der Waals surface area (Å²) in [4.78, 5) is 24.8. The summed E-state index contributed by atoms with van der Waals surface area (Å²) < 4.78 is 5.53. The summed E-state index contributed by atoms with van der Waals surface area (Å²) in [6, 6.07) is 7.19. The molecule has 2 atom stereocenters. The molecule has 1 fully saturated rings. The van der Waals surface area contributed by atoms with Gasteiger partial charge in [0.25, 0.3) is 0 Å². The number of carboxylic acids is 1. The Morgan fingerprint density at radius 2 is 2.09 bits per heavy atom. The number of likely N-dealkylation sites (tertiary alicyclic amines) is 1.